The number of nitrogens with one attached hydrogen (secondary N) is 1. The van der Waals surface area contributed by atoms with E-state index in [9.17, 15) is 4.79 Å². The second-order valence-corrected chi connectivity index (χ2v) is 11.7. The van der Waals surface area contributed by atoms with Crippen LogP contribution in [-0.4, -0.2) is 73.5 Å². The van der Waals surface area contributed by atoms with Gasteiger partial charge in [0.1, 0.15) is 6.26 Å². The van der Waals surface area contributed by atoms with Crippen LogP contribution in [0.3, 0.4) is 0 Å². The van der Waals surface area contributed by atoms with Gasteiger partial charge in [-0.05, 0) is 102 Å². The standard InChI is InChI=1S/C30H48N4O2/c1-22(2)25-9-15-33(16-10-25)14-6-13-31-29(35)26-11-17-34(18-12-26)20-28-21-36-30(32(28)5)27-8-7-23(3)24(4)19-27/h7-8,19,21-22,25-26,30H,6,9-18,20H2,1-5H3,(H,31,35). The van der Waals surface area contributed by atoms with E-state index in [1.807, 2.05) is 6.26 Å². The summed E-state index contributed by atoms with van der Waals surface area (Å²) in [6.45, 7) is 16.1. The minimum Gasteiger partial charge on any atom is -0.472 e. The van der Waals surface area contributed by atoms with E-state index in [0.717, 1.165) is 63.8 Å². The van der Waals surface area contributed by atoms with Gasteiger partial charge in [0, 0.05) is 31.6 Å². The third-order valence-corrected chi connectivity index (χ3v) is 8.82. The molecule has 0 aromatic heterocycles. The summed E-state index contributed by atoms with van der Waals surface area (Å²) in [4.78, 5) is 20.0. The number of piperidine rings is 2. The van der Waals surface area contributed by atoms with E-state index < -0.39 is 0 Å². The topological polar surface area (TPSA) is 48.1 Å². The van der Waals surface area contributed by atoms with Crippen LogP contribution in [-0.2, 0) is 9.53 Å². The van der Waals surface area contributed by atoms with Crippen LogP contribution in [0.5, 0.6) is 0 Å². The van der Waals surface area contributed by atoms with Gasteiger partial charge in [0.25, 0.3) is 0 Å². The van der Waals surface area contributed by atoms with Gasteiger partial charge < -0.3 is 19.9 Å². The summed E-state index contributed by atoms with van der Waals surface area (Å²) in [5.41, 5.74) is 5.01. The Balaban J connectivity index is 1.12. The molecule has 3 aliphatic heterocycles. The Hall–Kier alpha value is -2.05. The minimum absolute atomic E-state index is 0.0517. The molecule has 0 spiro atoms. The first-order chi connectivity index (χ1) is 17.3. The first kappa shape index (κ1) is 27.0. The summed E-state index contributed by atoms with van der Waals surface area (Å²) >= 11 is 0. The normalized spacial score (nSPS) is 22.7. The first-order valence-corrected chi connectivity index (χ1v) is 14.2. The molecule has 36 heavy (non-hydrogen) atoms. The van der Waals surface area contributed by atoms with Crippen molar-refractivity contribution in [3.63, 3.8) is 0 Å². The van der Waals surface area contributed by atoms with Crippen LogP contribution in [0.4, 0.5) is 0 Å². The molecule has 0 radical (unpaired) electrons. The zero-order valence-electron chi connectivity index (χ0n) is 23.3. The van der Waals surface area contributed by atoms with Crippen LogP contribution in [0.2, 0.25) is 0 Å². The highest BCUT2D eigenvalue weighted by molar-refractivity contribution is 5.78. The summed E-state index contributed by atoms with van der Waals surface area (Å²) in [6, 6.07) is 6.57. The van der Waals surface area contributed by atoms with Crippen molar-refractivity contribution in [2.24, 2.45) is 17.8 Å². The lowest BCUT2D eigenvalue weighted by Crippen LogP contribution is -2.42. The van der Waals surface area contributed by atoms with Crippen molar-refractivity contribution in [3.8, 4) is 0 Å². The highest BCUT2D eigenvalue weighted by Gasteiger charge is 2.30. The molecule has 2 fully saturated rings. The summed E-state index contributed by atoms with van der Waals surface area (Å²) in [5, 5.41) is 3.22. The molecule has 6 heteroatoms. The van der Waals surface area contributed by atoms with E-state index >= 15 is 0 Å². The van der Waals surface area contributed by atoms with E-state index in [0.29, 0.717) is 0 Å². The Morgan fingerprint density at radius 2 is 1.72 bits per heavy atom. The van der Waals surface area contributed by atoms with Gasteiger partial charge in [-0.25, -0.2) is 0 Å². The fraction of sp³-hybridized carbons (Fsp3) is 0.700. The average molecular weight is 497 g/mol. The zero-order chi connectivity index (χ0) is 25.7. The number of hydrogen-bond donors (Lipinski definition) is 1. The molecule has 6 nitrogen and oxygen atoms in total. The Morgan fingerprint density at radius 1 is 1.03 bits per heavy atom. The number of hydrogen-bond acceptors (Lipinski definition) is 5. The van der Waals surface area contributed by atoms with E-state index in [2.05, 4.69) is 73.0 Å². The van der Waals surface area contributed by atoms with Crippen LogP contribution in [0.15, 0.2) is 30.2 Å². The number of ether oxygens (including phenoxy) is 1. The molecule has 0 aliphatic carbocycles. The molecule has 2 saturated heterocycles. The number of likely N-dealkylation sites (N-methyl/N-ethyl adjacent to an activating group) is 1. The van der Waals surface area contributed by atoms with Crippen LogP contribution in [0.1, 0.15) is 68.9 Å². The van der Waals surface area contributed by atoms with E-state index in [-0.39, 0.29) is 18.1 Å². The van der Waals surface area contributed by atoms with Crippen molar-refractivity contribution in [1.29, 1.82) is 0 Å². The summed E-state index contributed by atoms with van der Waals surface area (Å²) in [7, 11) is 2.12. The molecule has 1 N–H and O–H groups in total. The lowest BCUT2D eigenvalue weighted by Gasteiger charge is -2.34. The maximum absolute atomic E-state index is 12.7. The van der Waals surface area contributed by atoms with E-state index in [1.54, 1.807) is 0 Å². The fourth-order valence-electron chi connectivity index (χ4n) is 5.92. The molecule has 1 aromatic carbocycles. The van der Waals surface area contributed by atoms with Crippen LogP contribution < -0.4 is 5.32 Å². The number of likely N-dealkylation sites (tertiary alicyclic amines) is 2. The molecule has 0 saturated carbocycles. The Bertz CT molecular complexity index is 898. The van der Waals surface area contributed by atoms with Gasteiger partial charge in [0.2, 0.25) is 5.91 Å². The molecular formula is C30H48N4O2. The Kier molecular flexibility index (Phi) is 9.35. The second kappa shape index (κ2) is 12.5. The largest absolute Gasteiger partial charge is 0.472 e. The van der Waals surface area contributed by atoms with Gasteiger partial charge in [-0.3, -0.25) is 9.69 Å². The van der Waals surface area contributed by atoms with Crippen molar-refractivity contribution in [2.45, 2.75) is 66.0 Å². The van der Waals surface area contributed by atoms with E-state index in [1.165, 1.54) is 48.3 Å². The maximum atomic E-state index is 12.7. The molecule has 1 unspecified atom stereocenters. The molecule has 1 amide bonds. The monoisotopic (exact) mass is 496 g/mol. The molecule has 200 valence electrons. The molecule has 4 rings (SSSR count). The summed E-state index contributed by atoms with van der Waals surface area (Å²) < 4.78 is 6.04. The van der Waals surface area contributed by atoms with Gasteiger partial charge in [-0.2, -0.15) is 0 Å². The van der Waals surface area contributed by atoms with Crippen molar-refractivity contribution in [3.05, 3.63) is 46.8 Å². The number of aryl methyl sites for hydroxylation is 2. The number of nitrogens with zero attached hydrogens (tertiary/aromatic N) is 3. The van der Waals surface area contributed by atoms with Crippen molar-refractivity contribution < 1.29 is 9.53 Å². The predicted octanol–water partition coefficient (Wildman–Crippen LogP) is 4.69. The number of carbonyl (C=O) groups is 1. The maximum Gasteiger partial charge on any atom is 0.223 e. The smallest absolute Gasteiger partial charge is 0.223 e. The van der Waals surface area contributed by atoms with Crippen LogP contribution in [0.25, 0.3) is 0 Å². The molecule has 1 aromatic rings. The number of rotatable bonds is 9. The van der Waals surface area contributed by atoms with Gasteiger partial charge in [0.05, 0.1) is 5.70 Å². The van der Waals surface area contributed by atoms with E-state index in [4.69, 9.17) is 4.74 Å². The first-order valence-electron chi connectivity index (χ1n) is 14.2. The zero-order valence-corrected chi connectivity index (χ0v) is 23.3. The average Bonchev–Trinajstić information content (AvgIpc) is 3.24. The molecule has 0 bridgehead atoms. The molecular weight excluding hydrogens is 448 g/mol. The van der Waals surface area contributed by atoms with Crippen molar-refractivity contribution in [2.75, 3.05) is 52.9 Å². The summed E-state index contributed by atoms with van der Waals surface area (Å²) in [5.74, 6) is 2.10. The van der Waals surface area contributed by atoms with Crippen molar-refractivity contribution >= 4 is 5.91 Å². The lowest BCUT2D eigenvalue weighted by atomic mass is 9.87. The lowest BCUT2D eigenvalue weighted by molar-refractivity contribution is -0.126. The quantitative estimate of drug-likeness (QED) is 0.503. The van der Waals surface area contributed by atoms with Crippen LogP contribution in [0, 0.1) is 31.6 Å². The fourth-order valence-corrected chi connectivity index (χ4v) is 5.92. The molecule has 3 heterocycles. The highest BCUT2D eigenvalue weighted by Crippen LogP contribution is 2.32. The third-order valence-electron chi connectivity index (χ3n) is 8.82. The second-order valence-electron chi connectivity index (χ2n) is 11.7. The summed E-state index contributed by atoms with van der Waals surface area (Å²) in [6.07, 6.45) is 7.45. The van der Waals surface area contributed by atoms with Crippen molar-refractivity contribution in [1.82, 2.24) is 20.0 Å². The predicted molar refractivity (Wildman–Crippen MR) is 146 cm³/mol. The highest BCUT2D eigenvalue weighted by atomic mass is 16.5. The number of amides is 1. The van der Waals surface area contributed by atoms with Gasteiger partial charge in [0.15, 0.2) is 6.23 Å². The third kappa shape index (κ3) is 6.83. The van der Waals surface area contributed by atoms with Gasteiger partial charge in [-0.15, -0.1) is 0 Å². The number of carbonyl (C=O) groups excluding carboxylic acids is 1. The SMILES string of the molecule is Cc1ccc(C2OC=C(CN3CCC(C(=O)NCCCN4CCC(C(C)C)CC4)CC3)N2C)cc1C. The minimum atomic E-state index is -0.0517. The Labute approximate surface area is 219 Å². The number of benzene rings is 1. The molecule has 3 aliphatic rings. The van der Waals surface area contributed by atoms with Gasteiger partial charge >= 0.3 is 0 Å². The Morgan fingerprint density at radius 3 is 2.39 bits per heavy atom. The van der Waals surface area contributed by atoms with Gasteiger partial charge in [-0.1, -0.05) is 32.0 Å². The van der Waals surface area contributed by atoms with Crippen LogP contribution >= 0.6 is 0 Å². The molecule has 1 atom stereocenters.